The highest BCUT2D eigenvalue weighted by atomic mass is 16.5. The van der Waals surface area contributed by atoms with E-state index in [1.165, 1.54) is 11.1 Å². The molecule has 0 bridgehead atoms. The van der Waals surface area contributed by atoms with Crippen molar-refractivity contribution in [3.05, 3.63) is 83.4 Å². The molecule has 1 heterocycles. The number of aryl methyl sites for hydroxylation is 4. The van der Waals surface area contributed by atoms with Gasteiger partial charge in [0.25, 0.3) is 0 Å². The van der Waals surface area contributed by atoms with Crippen LogP contribution in [0.25, 0.3) is 0 Å². The number of para-hydroxylation sites is 1. The first kappa shape index (κ1) is 17.9. The average molecular weight is 348 g/mol. The summed E-state index contributed by atoms with van der Waals surface area (Å²) in [5.74, 6) is 2.69. The molecule has 0 spiro atoms. The van der Waals surface area contributed by atoms with E-state index in [1.807, 2.05) is 42.6 Å². The van der Waals surface area contributed by atoms with E-state index >= 15 is 0 Å². The third-order valence-corrected chi connectivity index (χ3v) is 4.38. The molecule has 0 amide bonds. The zero-order chi connectivity index (χ0) is 18.2. The summed E-state index contributed by atoms with van der Waals surface area (Å²) in [7, 11) is 3.40. The Morgan fingerprint density at radius 2 is 1.69 bits per heavy atom. The van der Waals surface area contributed by atoms with Crippen molar-refractivity contribution in [3.63, 3.8) is 0 Å². The minimum Gasteiger partial charge on any atom is -0.497 e. The van der Waals surface area contributed by atoms with Crippen LogP contribution in [0, 0.1) is 0 Å². The molecular formula is C22H24N2O2. The lowest BCUT2D eigenvalue weighted by Crippen LogP contribution is -2.03. The number of ether oxygens (including phenoxy) is 2. The van der Waals surface area contributed by atoms with Crippen LogP contribution in [0.2, 0.25) is 0 Å². The van der Waals surface area contributed by atoms with Crippen LogP contribution in [-0.4, -0.2) is 24.2 Å². The molecule has 2 aromatic carbocycles. The average Bonchev–Trinajstić information content (AvgIpc) is 2.71. The molecule has 0 unspecified atom stereocenters. The zero-order valence-electron chi connectivity index (χ0n) is 15.3. The Labute approximate surface area is 154 Å². The number of hydrogen-bond donors (Lipinski definition) is 0. The monoisotopic (exact) mass is 348 g/mol. The molecule has 0 radical (unpaired) electrons. The van der Waals surface area contributed by atoms with Crippen molar-refractivity contribution in [1.29, 1.82) is 0 Å². The molecule has 0 fully saturated rings. The number of hydrogen-bond acceptors (Lipinski definition) is 4. The third kappa shape index (κ3) is 4.82. The largest absolute Gasteiger partial charge is 0.497 e. The van der Waals surface area contributed by atoms with Gasteiger partial charge in [-0.05, 0) is 54.7 Å². The fourth-order valence-corrected chi connectivity index (χ4v) is 2.96. The molecule has 0 aliphatic rings. The lowest BCUT2D eigenvalue weighted by Gasteiger charge is -2.08. The lowest BCUT2D eigenvalue weighted by molar-refractivity contribution is 0.409. The van der Waals surface area contributed by atoms with Gasteiger partial charge in [0.15, 0.2) is 0 Å². The van der Waals surface area contributed by atoms with Gasteiger partial charge in [-0.1, -0.05) is 30.3 Å². The molecule has 0 N–H and O–H groups in total. The maximum absolute atomic E-state index is 5.42. The van der Waals surface area contributed by atoms with E-state index in [-0.39, 0.29) is 0 Å². The standard InChI is InChI=1S/C22H24N2O2/c1-25-20-8-5-6-17(16-20)10-13-22-23-15-14-19(24-22)12-11-18-7-3-4-9-21(18)26-2/h3-9,14-16H,10-13H2,1-2H3. The van der Waals surface area contributed by atoms with Crippen molar-refractivity contribution >= 4 is 0 Å². The van der Waals surface area contributed by atoms with Gasteiger partial charge in [-0.25, -0.2) is 9.97 Å². The fraction of sp³-hybridized carbons (Fsp3) is 0.273. The predicted molar refractivity (Wildman–Crippen MR) is 103 cm³/mol. The van der Waals surface area contributed by atoms with Gasteiger partial charge in [-0.15, -0.1) is 0 Å². The first-order valence-corrected chi connectivity index (χ1v) is 8.84. The molecule has 0 aliphatic carbocycles. The van der Waals surface area contributed by atoms with Crippen LogP contribution < -0.4 is 9.47 Å². The minimum atomic E-state index is 0.815. The van der Waals surface area contributed by atoms with Gasteiger partial charge in [-0.3, -0.25) is 0 Å². The van der Waals surface area contributed by atoms with Gasteiger partial charge < -0.3 is 9.47 Å². The molecule has 4 nitrogen and oxygen atoms in total. The number of nitrogens with zero attached hydrogens (tertiary/aromatic N) is 2. The highest BCUT2D eigenvalue weighted by Crippen LogP contribution is 2.19. The summed E-state index contributed by atoms with van der Waals surface area (Å²) in [6.07, 6.45) is 5.33. The van der Waals surface area contributed by atoms with Crippen molar-refractivity contribution in [2.24, 2.45) is 0 Å². The Hall–Kier alpha value is -2.88. The molecule has 0 aliphatic heterocycles. The third-order valence-electron chi connectivity index (χ3n) is 4.38. The van der Waals surface area contributed by atoms with Gasteiger partial charge in [0.2, 0.25) is 0 Å². The van der Waals surface area contributed by atoms with Crippen molar-refractivity contribution in [2.45, 2.75) is 25.7 Å². The fourth-order valence-electron chi connectivity index (χ4n) is 2.96. The molecule has 26 heavy (non-hydrogen) atoms. The first-order chi connectivity index (χ1) is 12.8. The minimum absolute atomic E-state index is 0.815. The number of aromatic nitrogens is 2. The van der Waals surface area contributed by atoms with Crippen molar-refractivity contribution < 1.29 is 9.47 Å². The molecule has 134 valence electrons. The van der Waals surface area contributed by atoms with Crippen LogP contribution in [0.5, 0.6) is 11.5 Å². The van der Waals surface area contributed by atoms with Crippen molar-refractivity contribution in [2.75, 3.05) is 14.2 Å². The Kier molecular flexibility index (Phi) is 6.20. The second-order valence-electron chi connectivity index (χ2n) is 6.13. The molecule has 1 aromatic heterocycles. The zero-order valence-corrected chi connectivity index (χ0v) is 15.3. The Morgan fingerprint density at radius 1 is 0.808 bits per heavy atom. The van der Waals surface area contributed by atoms with Crippen LogP contribution in [0.1, 0.15) is 22.6 Å². The summed E-state index contributed by atoms with van der Waals surface area (Å²) in [5, 5.41) is 0. The number of benzene rings is 2. The van der Waals surface area contributed by atoms with Crippen LogP contribution in [0.3, 0.4) is 0 Å². The van der Waals surface area contributed by atoms with Gasteiger partial charge in [-0.2, -0.15) is 0 Å². The first-order valence-electron chi connectivity index (χ1n) is 8.84. The van der Waals surface area contributed by atoms with Gasteiger partial charge >= 0.3 is 0 Å². The molecule has 0 atom stereocenters. The summed E-state index contributed by atoms with van der Waals surface area (Å²) in [5.41, 5.74) is 3.49. The second kappa shape index (κ2) is 8.99. The normalized spacial score (nSPS) is 10.5. The lowest BCUT2D eigenvalue weighted by atomic mass is 10.1. The SMILES string of the molecule is COc1cccc(CCc2nccc(CCc3ccccc3OC)n2)c1. The predicted octanol–water partition coefficient (Wildman–Crippen LogP) is 4.06. The maximum Gasteiger partial charge on any atom is 0.128 e. The summed E-state index contributed by atoms with van der Waals surface area (Å²) in [4.78, 5) is 9.14. The maximum atomic E-state index is 5.42. The second-order valence-corrected chi connectivity index (χ2v) is 6.13. The van der Waals surface area contributed by atoms with Crippen LogP contribution in [0.4, 0.5) is 0 Å². The molecular weight excluding hydrogens is 324 g/mol. The van der Waals surface area contributed by atoms with Crippen LogP contribution in [0.15, 0.2) is 60.8 Å². The molecule has 3 aromatic rings. The Balaban J connectivity index is 1.61. The number of methoxy groups -OCH3 is 2. The van der Waals surface area contributed by atoms with Gasteiger partial charge in [0, 0.05) is 18.3 Å². The number of rotatable bonds is 8. The van der Waals surface area contributed by atoms with E-state index in [0.29, 0.717) is 0 Å². The van der Waals surface area contributed by atoms with Gasteiger partial charge in [0.1, 0.15) is 17.3 Å². The van der Waals surface area contributed by atoms with E-state index in [1.54, 1.807) is 14.2 Å². The van der Waals surface area contributed by atoms with E-state index in [9.17, 15) is 0 Å². The van der Waals surface area contributed by atoms with Crippen molar-refractivity contribution in [1.82, 2.24) is 9.97 Å². The summed E-state index contributed by atoms with van der Waals surface area (Å²) in [6, 6.07) is 18.3. The summed E-state index contributed by atoms with van der Waals surface area (Å²) >= 11 is 0. The molecule has 0 saturated carbocycles. The molecule has 4 heteroatoms. The highest BCUT2D eigenvalue weighted by Gasteiger charge is 2.05. The molecule has 0 saturated heterocycles. The topological polar surface area (TPSA) is 44.2 Å². The van der Waals surface area contributed by atoms with E-state index in [4.69, 9.17) is 14.5 Å². The Bertz CT molecular complexity index is 849. The van der Waals surface area contributed by atoms with E-state index in [0.717, 1.165) is 48.7 Å². The van der Waals surface area contributed by atoms with E-state index in [2.05, 4.69) is 23.2 Å². The summed E-state index contributed by atoms with van der Waals surface area (Å²) < 4.78 is 10.7. The van der Waals surface area contributed by atoms with Gasteiger partial charge in [0.05, 0.1) is 14.2 Å². The smallest absolute Gasteiger partial charge is 0.128 e. The summed E-state index contributed by atoms with van der Waals surface area (Å²) in [6.45, 7) is 0. The van der Waals surface area contributed by atoms with Crippen LogP contribution >= 0.6 is 0 Å². The van der Waals surface area contributed by atoms with E-state index < -0.39 is 0 Å². The van der Waals surface area contributed by atoms with Crippen LogP contribution in [-0.2, 0) is 25.7 Å². The Morgan fingerprint density at radius 3 is 2.54 bits per heavy atom. The highest BCUT2D eigenvalue weighted by molar-refractivity contribution is 5.33. The molecule has 3 rings (SSSR count). The quantitative estimate of drug-likeness (QED) is 0.616. The van der Waals surface area contributed by atoms with Crippen molar-refractivity contribution in [3.8, 4) is 11.5 Å².